The van der Waals surface area contributed by atoms with Crippen molar-refractivity contribution in [1.29, 1.82) is 0 Å². The average Bonchev–Trinajstić information content (AvgIpc) is 3.10. The molecule has 0 aliphatic rings. The van der Waals surface area contributed by atoms with Crippen LogP contribution in [0.1, 0.15) is 29.6 Å². The summed E-state index contributed by atoms with van der Waals surface area (Å²) in [7, 11) is 0. The number of amides is 1. The molecule has 0 atom stereocenters. The zero-order chi connectivity index (χ0) is 18.5. The summed E-state index contributed by atoms with van der Waals surface area (Å²) in [5, 5.41) is 6.72. The van der Waals surface area contributed by atoms with E-state index in [1.165, 1.54) is 6.92 Å². The van der Waals surface area contributed by atoms with Crippen LogP contribution in [0.25, 0.3) is 11.4 Å². The van der Waals surface area contributed by atoms with E-state index in [0.29, 0.717) is 29.4 Å². The maximum atomic E-state index is 12.1. The summed E-state index contributed by atoms with van der Waals surface area (Å²) in [5.41, 5.74) is 2.01. The minimum Gasteiger partial charge on any atom is -0.339 e. The fourth-order valence-corrected chi connectivity index (χ4v) is 2.69. The van der Waals surface area contributed by atoms with Gasteiger partial charge in [-0.25, -0.2) is 0 Å². The minimum absolute atomic E-state index is 0.0462. The van der Waals surface area contributed by atoms with Crippen LogP contribution < -0.4 is 5.32 Å². The van der Waals surface area contributed by atoms with Crippen LogP contribution in [0.5, 0.6) is 0 Å². The summed E-state index contributed by atoms with van der Waals surface area (Å²) in [6.45, 7) is 1.49. The van der Waals surface area contributed by atoms with Gasteiger partial charge in [-0.2, -0.15) is 4.98 Å². The van der Waals surface area contributed by atoms with Crippen molar-refractivity contribution >= 4 is 40.0 Å². The lowest BCUT2D eigenvalue weighted by atomic mass is 10.1. The number of carbonyl (C=O) groups is 2. The molecule has 1 amide bonds. The number of hydrogen-bond acceptors (Lipinski definition) is 5. The van der Waals surface area contributed by atoms with E-state index in [1.54, 1.807) is 24.3 Å². The third kappa shape index (κ3) is 4.75. The molecule has 0 fully saturated rings. The number of anilines is 1. The molecular formula is C19H16IN3O3. The first kappa shape index (κ1) is 18.2. The number of ketones is 1. The lowest BCUT2D eigenvalue weighted by molar-refractivity contribution is -0.116. The van der Waals surface area contributed by atoms with E-state index in [2.05, 4.69) is 38.0 Å². The van der Waals surface area contributed by atoms with Crippen molar-refractivity contribution < 1.29 is 14.1 Å². The third-order valence-electron chi connectivity index (χ3n) is 3.69. The molecule has 0 unspecified atom stereocenters. The van der Waals surface area contributed by atoms with E-state index in [0.717, 1.165) is 9.13 Å². The monoisotopic (exact) mass is 461 g/mol. The van der Waals surface area contributed by atoms with Crippen molar-refractivity contribution in [1.82, 2.24) is 10.1 Å². The van der Waals surface area contributed by atoms with Gasteiger partial charge in [0.25, 0.3) is 0 Å². The Kier molecular flexibility index (Phi) is 5.77. The van der Waals surface area contributed by atoms with E-state index < -0.39 is 0 Å². The SMILES string of the molecule is CC(=O)c1cccc(NC(=O)CCc2nc(-c3ccc(I)cc3)no2)c1. The Morgan fingerprint density at radius 3 is 2.65 bits per heavy atom. The van der Waals surface area contributed by atoms with Gasteiger partial charge in [0, 0.05) is 33.2 Å². The quantitative estimate of drug-likeness (QED) is 0.441. The van der Waals surface area contributed by atoms with Gasteiger partial charge in [-0.1, -0.05) is 29.4 Å². The maximum Gasteiger partial charge on any atom is 0.227 e. The van der Waals surface area contributed by atoms with E-state index in [1.807, 2.05) is 24.3 Å². The van der Waals surface area contributed by atoms with Gasteiger partial charge in [0.2, 0.25) is 17.6 Å². The summed E-state index contributed by atoms with van der Waals surface area (Å²) in [4.78, 5) is 27.8. The maximum absolute atomic E-state index is 12.1. The molecule has 1 N–H and O–H groups in total. The van der Waals surface area contributed by atoms with Crippen molar-refractivity contribution in [2.24, 2.45) is 0 Å². The molecule has 0 saturated heterocycles. The predicted octanol–water partition coefficient (Wildman–Crippen LogP) is 4.12. The van der Waals surface area contributed by atoms with Crippen molar-refractivity contribution in [2.45, 2.75) is 19.8 Å². The van der Waals surface area contributed by atoms with E-state index >= 15 is 0 Å². The average molecular weight is 461 g/mol. The molecule has 1 heterocycles. The second-order valence-corrected chi connectivity index (χ2v) is 6.95. The Hall–Kier alpha value is -2.55. The minimum atomic E-state index is -0.181. The van der Waals surface area contributed by atoms with Crippen LogP contribution in [0.2, 0.25) is 0 Å². The Balaban J connectivity index is 1.57. The number of rotatable bonds is 6. The number of nitrogens with one attached hydrogen (secondary N) is 1. The number of benzene rings is 2. The molecule has 0 aliphatic heterocycles. The molecular weight excluding hydrogens is 445 g/mol. The Bertz CT molecular complexity index is 935. The van der Waals surface area contributed by atoms with Gasteiger partial charge in [-0.3, -0.25) is 9.59 Å². The zero-order valence-corrected chi connectivity index (χ0v) is 16.2. The van der Waals surface area contributed by atoms with Gasteiger partial charge in [0.1, 0.15) is 0 Å². The highest BCUT2D eigenvalue weighted by Gasteiger charge is 2.11. The first-order valence-corrected chi connectivity index (χ1v) is 9.08. The molecule has 0 aliphatic carbocycles. The molecule has 3 aromatic rings. The van der Waals surface area contributed by atoms with E-state index in [-0.39, 0.29) is 18.1 Å². The summed E-state index contributed by atoms with van der Waals surface area (Å²) >= 11 is 2.23. The van der Waals surface area contributed by atoms with Gasteiger partial charge in [-0.15, -0.1) is 0 Å². The molecule has 1 aromatic heterocycles. The summed E-state index contributed by atoms with van der Waals surface area (Å²) in [6.07, 6.45) is 0.550. The van der Waals surface area contributed by atoms with Crippen LogP contribution in [0.3, 0.4) is 0 Å². The lowest BCUT2D eigenvalue weighted by Crippen LogP contribution is -2.12. The number of halogens is 1. The molecule has 0 radical (unpaired) electrons. The van der Waals surface area contributed by atoms with Gasteiger partial charge in [0.05, 0.1) is 0 Å². The van der Waals surface area contributed by atoms with Crippen LogP contribution in [-0.2, 0) is 11.2 Å². The highest BCUT2D eigenvalue weighted by atomic mass is 127. The molecule has 0 bridgehead atoms. The largest absolute Gasteiger partial charge is 0.339 e. The number of aromatic nitrogens is 2. The fourth-order valence-electron chi connectivity index (χ4n) is 2.33. The molecule has 132 valence electrons. The van der Waals surface area contributed by atoms with Crippen molar-refractivity contribution in [3.63, 3.8) is 0 Å². The number of carbonyl (C=O) groups excluding carboxylic acids is 2. The zero-order valence-electron chi connectivity index (χ0n) is 14.0. The Labute approximate surface area is 164 Å². The molecule has 0 saturated carbocycles. The Morgan fingerprint density at radius 2 is 1.92 bits per heavy atom. The number of hydrogen-bond donors (Lipinski definition) is 1. The van der Waals surface area contributed by atoms with Crippen LogP contribution in [0.15, 0.2) is 53.1 Å². The van der Waals surface area contributed by atoms with Crippen molar-refractivity contribution in [2.75, 3.05) is 5.32 Å². The second-order valence-electron chi connectivity index (χ2n) is 5.70. The first-order chi connectivity index (χ1) is 12.5. The van der Waals surface area contributed by atoms with E-state index in [4.69, 9.17) is 4.52 Å². The highest BCUT2D eigenvalue weighted by molar-refractivity contribution is 14.1. The van der Waals surface area contributed by atoms with Crippen LogP contribution >= 0.6 is 22.6 Å². The topological polar surface area (TPSA) is 85.1 Å². The molecule has 26 heavy (non-hydrogen) atoms. The Morgan fingerprint density at radius 1 is 1.15 bits per heavy atom. The lowest BCUT2D eigenvalue weighted by Gasteiger charge is -2.05. The molecule has 7 heteroatoms. The first-order valence-electron chi connectivity index (χ1n) is 8.00. The van der Waals surface area contributed by atoms with Crippen molar-refractivity contribution in [3.05, 3.63) is 63.6 Å². The van der Waals surface area contributed by atoms with Gasteiger partial charge in [0.15, 0.2) is 5.78 Å². The highest BCUT2D eigenvalue weighted by Crippen LogP contribution is 2.18. The van der Waals surface area contributed by atoms with Crippen LogP contribution in [-0.4, -0.2) is 21.8 Å². The summed E-state index contributed by atoms with van der Waals surface area (Å²) in [6, 6.07) is 14.6. The number of aryl methyl sites for hydroxylation is 1. The summed E-state index contributed by atoms with van der Waals surface area (Å²) in [5.74, 6) is 0.687. The molecule has 6 nitrogen and oxygen atoms in total. The normalized spacial score (nSPS) is 10.5. The number of Topliss-reactive ketones (excluding diaryl/α,β-unsaturated/α-hetero) is 1. The number of nitrogens with zero attached hydrogens (tertiary/aromatic N) is 2. The van der Waals surface area contributed by atoms with Gasteiger partial charge < -0.3 is 9.84 Å². The van der Waals surface area contributed by atoms with Crippen molar-refractivity contribution in [3.8, 4) is 11.4 Å². The van der Waals surface area contributed by atoms with E-state index in [9.17, 15) is 9.59 Å². The van der Waals surface area contributed by atoms with Crippen LogP contribution in [0, 0.1) is 3.57 Å². The molecule has 3 rings (SSSR count). The standard InChI is InChI=1S/C19H16IN3O3/c1-12(24)14-3-2-4-16(11-14)21-17(25)9-10-18-22-19(23-26-18)13-5-7-15(20)8-6-13/h2-8,11H,9-10H2,1H3,(H,21,25). The fraction of sp³-hybridized carbons (Fsp3) is 0.158. The smallest absolute Gasteiger partial charge is 0.227 e. The van der Waals surface area contributed by atoms with Gasteiger partial charge >= 0.3 is 0 Å². The molecule has 2 aromatic carbocycles. The van der Waals surface area contributed by atoms with Gasteiger partial charge in [-0.05, 0) is 53.8 Å². The predicted molar refractivity (Wildman–Crippen MR) is 106 cm³/mol. The van der Waals surface area contributed by atoms with Crippen LogP contribution in [0.4, 0.5) is 5.69 Å². The molecule has 0 spiro atoms. The summed E-state index contributed by atoms with van der Waals surface area (Å²) < 4.78 is 6.34. The third-order valence-corrected chi connectivity index (χ3v) is 4.41. The second kappa shape index (κ2) is 8.22.